The standard InChI is InChI=1S/C11H11N5O4/c1-7(17)13-12-5-8-6-15(2)14-11(8)9-3-4-10(20-9)16(18)19/h3-6H,1-2H3,(H,13,17). The molecule has 0 atom stereocenters. The fraction of sp³-hybridized carbons (Fsp3) is 0.182. The highest BCUT2D eigenvalue weighted by molar-refractivity contribution is 5.88. The number of aryl methyl sites for hydroxylation is 1. The minimum Gasteiger partial charge on any atom is -0.399 e. The monoisotopic (exact) mass is 277 g/mol. The molecule has 2 heterocycles. The van der Waals surface area contributed by atoms with E-state index in [1.807, 2.05) is 0 Å². The number of aromatic nitrogens is 2. The van der Waals surface area contributed by atoms with Crippen molar-refractivity contribution in [2.75, 3.05) is 0 Å². The predicted octanol–water partition coefficient (Wildman–Crippen LogP) is 1.06. The summed E-state index contributed by atoms with van der Waals surface area (Å²) >= 11 is 0. The maximum atomic E-state index is 10.7. The van der Waals surface area contributed by atoms with E-state index in [1.165, 1.54) is 30.0 Å². The molecule has 0 aliphatic heterocycles. The van der Waals surface area contributed by atoms with Crippen LogP contribution in [-0.2, 0) is 11.8 Å². The van der Waals surface area contributed by atoms with Crippen molar-refractivity contribution in [3.63, 3.8) is 0 Å². The molecule has 2 aromatic rings. The van der Waals surface area contributed by atoms with Crippen LogP contribution >= 0.6 is 0 Å². The molecule has 0 bridgehead atoms. The first-order valence-electron chi connectivity index (χ1n) is 5.55. The zero-order valence-electron chi connectivity index (χ0n) is 10.7. The van der Waals surface area contributed by atoms with Gasteiger partial charge < -0.3 is 4.42 Å². The molecule has 20 heavy (non-hydrogen) atoms. The molecular weight excluding hydrogens is 266 g/mol. The van der Waals surface area contributed by atoms with Gasteiger partial charge in [0.1, 0.15) is 10.6 Å². The fourth-order valence-electron chi connectivity index (χ4n) is 1.54. The van der Waals surface area contributed by atoms with E-state index in [-0.39, 0.29) is 17.6 Å². The van der Waals surface area contributed by atoms with Gasteiger partial charge in [-0.2, -0.15) is 10.2 Å². The average molecular weight is 277 g/mol. The first-order chi connectivity index (χ1) is 9.47. The van der Waals surface area contributed by atoms with Crippen LogP contribution in [-0.4, -0.2) is 26.8 Å². The van der Waals surface area contributed by atoms with Crippen LogP contribution in [0.1, 0.15) is 12.5 Å². The van der Waals surface area contributed by atoms with Gasteiger partial charge in [-0.25, -0.2) is 5.43 Å². The lowest BCUT2D eigenvalue weighted by molar-refractivity contribution is -0.401. The second-order valence-corrected chi connectivity index (χ2v) is 3.93. The van der Waals surface area contributed by atoms with E-state index in [1.54, 1.807) is 13.2 Å². The van der Waals surface area contributed by atoms with Crippen LogP contribution in [0, 0.1) is 10.1 Å². The van der Waals surface area contributed by atoms with Gasteiger partial charge >= 0.3 is 5.88 Å². The highest BCUT2D eigenvalue weighted by Crippen LogP contribution is 2.26. The number of carbonyl (C=O) groups excluding carboxylic acids is 1. The van der Waals surface area contributed by atoms with Crippen molar-refractivity contribution >= 4 is 18.0 Å². The van der Waals surface area contributed by atoms with E-state index in [0.29, 0.717) is 11.3 Å². The van der Waals surface area contributed by atoms with Gasteiger partial charge in [-0.05, 0) is 6.07 Å². The second-order valence-electron chi connectivity index (χ2n) is 3.93. The lowest BCUT2D eigenvalue weighted by Crippen LogP contribution is -2.12. The first kappa shape index (κ1) is 13.5. The van der Waals surface area contributed by atoms with Crippen molar-refractivity contribution in [3.8, 4) is 11.5 Å². The summed E-state index contributed by atoms with van der Waals surface area (Å²) in [6.07, 6.45) is 3.03. The van der Waals surface area contributed by atoms with Crippen LogP contribution in [0.15, 0.2) is 27.8 Å². The molecule has 104 valence electrons. The summed E-state index contributed by atoms with van der Waals surface area (Å²) < 4.78 is 6.60. The summed E-state index contributed by atoms with van der Waals surface area (Å²) in [5.74, 6) is -0.419. The van der Waals surface area contributed by atoms with Crippen molar-refractivity contribution in [1.82, 2.24) is 15.2 Å². The molecule has 9 heteroatoms. The van der Waals surface area contributed by atoms with Gasteiger partial charge in [0.2, 0.25) is 5.91 Å². The van der Waals surface area contributed by atoms with Gasteiger partial charge in [-0.1, -0.05) is 0 Å². The average Bonchev–Trinajstić information content (AvgIpc) is 2.95. The third-order valence-corrected chi connectivity index (χ3v) is 2.29. The smallest absolute Gasteiger partial charge is 0.399 e. The Morgan fingerprint density at radius 1 is 1.60 bits per heavy atom. The van der Waals surface area contributed by atoms with E-state index in [9.17, 15) is 14.9 Å². The Hall–Kier alpha value is -2.97. The van der Waals surface area contributed by atoms with Crippen LogP contribution in [0.3, 0.4) is 0 Å². The van der Waals surface area contributed by atoms with Gasteiger partial charge in [0.15, 0.2) is 5.76 Å². The SMILES string of the molecule is CC(=O)NN=Cc1cn(C)nc1-c1ccc([N+](=O)[O-])o1. The Morgan fingerprint density at radius 3 is 2.95 bits per heavy atom. The second kappa shape index (κ2) is 5.34. The zero-order valence-corrected chi connectivity index (χ0v) is 10.7. The minimum absolute atomic E-state index is 0.251. The fourth-order valence-corrected chi connectivity index (χ4v) is 1.54. The van der Waals surface area contributed by atoms with Crippen molar-refractivity contribution in [3.05, 3.63) is 34.0 Å². The van der Waals surface area contributed by atoms with E-state index in [2.05, 4.69) is 15.6 Å². The van der Waals surface area contributed by atoms with Crippen molar-refractivity contribution < 1.29 is 14.1 Å². The summed E-state index contributed by atoms with van der Waals surface area (Å²) in [6.45, 7) is 1.33. The van der Waals surface area contributed by atoms with Crippen LogP contribution in [0.2, 0.25) is 0 Å². The number of carbonyl (C=O) groups is 1. The Balaban J connectivity index is 2.33. The normalized spacial score (nSPS) is 10.9. The maximum Gasteiger partial charge on any atom is 0.433 e. The molecule has 0 aromatic carbocycles. The van der Waals surface area contributed by atoms with Gasteiger partial charge in [0.05, 0.1) is 12.3 Å². The Bertz CT molecular complexity index is 685. The summed E-state index contributed by atoms with van der Waals surface area (Å²) in [7, 11) is 1.69. The van der Waals surface area contributed by atoms with Gasteiger partial charge in [0.25, 0.3) is 0 Å². The number of nitro groups is 1. The van der Waals surface area contributed by atoms with Crippen LogP contribution in [0.25, 0.3) is 11.5 Å². The molecule has 1 N–H and O–H groups in total. The topological polar surface area (TPSA) is 116 Å². The molecule has 1 amide bonds. The number of hydrogen-bond donors (Lipinski definition) is 1. The highest BCUT2D eigenvalue weighted by atomic mass is 16.6. The van der Waals surface area contributed by atoms with Gasteiger partial charge in [-0.15, -0.1) is 0 Å². The molecule has 2 rings (SSSR count). The first-order valence-corrected chi connectivity index (χ1v) is 5.55. The quantitative estimate of drug-likeness (QED) is 0.509. The number of nitrogens with zero attached hydrogens (tertiary/aromatic N) is 4. The van der Waals surface area contributed by atoms with Gasteiger partial charge in [0, 0.05) is 25.7 Å². The summed E-state index contributed by atoms with van der Waals surface area (Å²) in [5.41, 5.74) is 3.22. The number of furan rings is 1. The minimum atomic E-state index is -0.627. The molecule has 9 nitrogen and oxygen atoms in total. The number of amides is 1. The molecule has 0 saturated carbocycles. The Morgan fingerprint density at radius 2 is 2.35 bits per heavy atom. The number of rotatable bonds is 4. The van der Waals surface area contributed by atoms with Crippen LogP contribution in [0.4, 0.5) is 5.88 Å². The summed E-state index contributed by atoms with van der Waals surface area (Å²) in [4.78, 5) is 20.7. The van der Waals surface area contributed by atoms with Crippen LogP contribution < -0.4 is 5.43 Å². The Labute approximate surface area is 113 Å². The summed E-state index contributed by atoms with van der Waals surface area (Å²) in [6, 6.07) is 2.70. The van der Waals surface area contributed by atoms with Crippen molar-refractivity contribution in [2.24, 2.45) is 12.1 Å². The molecule has 0 aliphatic rings. The van der Waals surface area contributed by atoms with E-state index >= 15 is 0 Å². The maximum absolute atomic E-state index is 10.7. The number of hydrazone groups is 1. The third kappa shape index (κ3) is 2.88. The van der Waals surface area contributed by atoms with E-state index in [4.69, 9.17) is 4.42 Å². The van der Waals surface area contributed by atoms with Crippen molar-refractivity contribution in [1.29, 1.82) is 0 Å². The Kier molecular flexibility index (Phi) is 3.60. The lowest BCUT2D eigenvalue weighted by Gasteiger charge is -1.93. The molecule has 2 aromatic heterocycles. The molecule has 0 aliphatic carbocycles. The van der Waals surface area contributed by atoms with E-state index < -0.39 is 4.92 Å². The summed E-state index contributed by atoms with van der Waals surface area (Å²) in [5, 5.41) is 18.5. The molecule has 0 unspecified atom stereocenters. The molecule has 0 spiro atoms. The lowest BCUT2D eigenvalue weighted by atomic mass is 10.2. The van der Waals surface area contributed by atoms with Crippen LogP contribution in [0.5, 0.6) is 0 Å². The predicted molar refractivity (Wildman–Crippen MR) is 69.0 cm³/mol. The number of hydrogen-bond acceptors (Lipinski definition) is 6. The molecular formula is C11H11N5O4. The van der Waals surface area contributed by atoms with E-state index in [0.717, 1.165) is 0 Å². The molecule has 0 radical (unpaired) electrons. The largest absolute Gasteiger partial charge is 0.433 e. The van der Waals surface area contributed by atoms with Gasteiger partial charge in [-0.3, -0.25) is 19.6 Å². The van der Waals surface area contributed by atoms with Crippen molar-refractivity contribution in [2.45, 2.75) is 6.92 Å². The molecule has 0 fully saturated rings. The number of nitrogens with one attached hydrogen (secondary N) is 1. The highest BCUT2D eigenvalue weighted by Gasteiger charge is 2.17. The third-order valence-electron chi connectivity index (χ3n) is 2.29. The molecule has 0 saturated heterocycles. The zero-order chi connectivity index (χ0) is 14.7.